The van der Waals surface area contributed by atoms with Crippen LogP contribution in [0.15, 0.2) is 6.07 Å². The number of ether oxygens (including phenoxy) is 2. The fraction of sp³-hybridized carbons (Fsp3) is 0.688. The largest absolute Gasteiger partial charge is 0.472 e. The molecule has 0 radical (unpaired) electrons. The molecular weight excluding hydrogens is 282 g/mol. The van der Waals surface area contributed by atoms with Gasteiger partial charge < -0.3 is 14.4 Å². The van der Waals surface area contributed by atoms with E-state index in [1.54, 1.807) is 0 Å². The predicted molar refractivity (Wildman–Crippen MR) is 80.7 cm³/mol. The Kier molecular flexibility index (Phi) is 4.57. The van der Waals surface area contributed by atoms with Gasteiger partial charge in [-0.2, -0.15) is 4.98 Å². The zero-order chi connectivity index (χ0) is 15.5. The van der Waals surface area contributed by atoms with Gasteiger partial charge in [-0.3, -0.25) is 4.79 Å². The lowest BCUT2D eigenvalue weighted by Gasteiger charge is -2.34. The van der Waals surface area contributed by atoms with Crippen LogP contribution in [0.4, 0.5) is 0 Å². The normalized spacial score (nSPS) is 25.3. The first-order valence-corrected chi connectivity index (χ1v) is 7.97. The highest BCUT2D eigenvalue weighted by Crippen LogP contribution is 2.21. The van der Waals surface area contributed by atoms with E-state index < -0.39 is 0 Å². The topological polar surface area (TPSA) is 64.5 Å². The molecule has 120 valence electrons. The second-order valence-corrected chi connectivity index (χ2v) is 6.12. The van der Waals surface area contributed by atoms with Gasteiger partial charge in [-0.25, -0.2) is 4.98 Å². The minimum atomic E-state index is 0.00808. The van der Waals surface area contributed by atoms with Crippen molar-refractivity contribution in [3.8, 4) is 5.88 Å². The standard InChI is InChI=1S/C16H23N3O3/c1-11-8-15(18-12(2)17-11)22-14-4-3-6-19(9-14)16(20)13-5-7-21-10-13/h8,13-14H,3-7,9-10H2,1-2H3. The molecule has 0 aromatic carbocycles. The Morgan fingerprint density at radius 3 is 2.95 bits per heavy atom. The van der Waals surface area contributed by atoms with Crippen molar-refractivity contribution in [3.63, 3.8) is 0 Å². The number of piperidine rings is 1. The zero-order valence-corrected chi connectivity index (χ0v) is 13.2. The Morgan fingerprint density at radius 1 is 1.36 bits per heavy atom. The highest BCUT2D eigenvalue weighted by atomic mass is 16.5. The summed E-state index contributed by atoms with van der Waals surface area (Å²) >= 11 is 0. The number of rotatable bonds is 3. The first-order valence-electron chi connectivity index (χ1n) is 7.97. The van der Waals surface area contributed by atoms with Crippen molar-refractivity contribution in [2.45, 2.75) is 39.2 Å². The molecule has 2 unspecified atom stereocenters. The van der Waals surface area contributed by atoms with Crippen molar-refractivity contribution in [2.75, 3.05) is 26.3 Å². The monoisotopic (exact) mass is 305 g/mol. The molecule has 6 heteroatoms. The van der Waals surface area contributed by atoms with Crippen LogP contribution in [0.3, 0.4) is 0 Å². The summed E-state index contributed by atoms with van der Waals surface area (Å²) in [6, 6.07) is 1.85. The molecule has 2 aliphatic rings. The molecule has 1 aromatic heterocycles. The maximum Gasteiger partial charge on any atom is 0.228 e. The third-order valence-electron chi connectivity index (χ3n) is 4.20. The highest BCUT2D eigenvalue weighted by molar-refractivity contribution is 5.79. The number of amides is 1. The summed E-state index contributed by atoms with van der Waals surface area (Å²) in [5.74, 6) is 1.55. The number of aromatic nitrogens is 2. The molecule has 1 aromatic rings. The molecule has 1 amide bonds. The van der Waals surface area contributed by atoms with E-state index >= 15 is 0 Å². The van der Waals surface area contributed by atoms with E-state index in [0.717, 1.165) is 31.5 Å². The first kappa shape index (κ1) is 15.2. The number of hydrogen-bond acceptors (Lipinski definition) is 5. The number of hydrogen-bond donors (Lipinski definition) is 0. The zero-order valence-electron chi connectivity index (χ0n) is 13.2. The molecule has 0 saturated carbocycles. The van der Waals surface area contributed by atoms with Gasteiger partial charge >= 0.3 is 0 Å². The van der Waals surface area contributed by atoms with Gasteiger partial charge in [0.25, 0.3) is 0 Å². The van der Waals surface area contributed by atoms with Gasteiger partial charge in [0.15, 0.2) is 0 Å². The molecule has 0 bridgehead atoms. The molecule has 2 atom stereocenters. The molecule has 3 heterocycles. The molecule has 3 rings (SSSR count). The minimum Gasteiger partial charge on any atom is -0.472 e. The van der Waals surface area contributed by atoms with Gasteiger partial charge in [0, 0.05) is 24.9 Å². The number of carbonyl (C=O) groups is 1. The van der Waals surface area contributed by atoms with Gasteiger partial charge in [0.1, 0.15) is 11.9 Å². The van der Waals surface area contributed by atoms with Crippen LogP contribution in [-0.4, -0.2) is 53.2 Å². The highest BCUT2D eigenvalue weighted by Gasteiger charge is 2.31. The van der Waals surface area contributed by atoms with Crippen LogP contribution in [0.25, 0.3) is 0 Å². The lowest BCUT2D eigenvalue weighted by Crippen LogP contribution is -2.46. The minimum absolute atomic E-state index is 0.00808. The van der Waals surface area contributed by atoms with E-state index in [9.17, 15) is 4.79 Å². The Balaban J connectivity index is 1.61. The molecule has 22 heavy (non-hydrogen) atoms. The third kappa shape index (κ3) is 3.55. The molecule has 2 saturated heterocycles. The van der Waals surface area contributed by atoms with E-state index in [4.69, 9.17) is 9.47 Å². The predicted octanol–water partition coefficient (Wildman–Crippen LogP) is 1.50. The summed E-state index contributed by atoms with van der Waals surface area (Å²) in [6.07, 6.45) is 2.76. The van der Waals surface area contributed by atoms with Gasteiger partial charge in [-0.05, 0) is 33.1 Å². The van der Waals surface area contributed by atoms with Crippen molar-refractivity contribution >= 4 is 5.91 Å². The van der Waals surface area contributed by atoms with Crippen molar-refractivity contribution in [1.29, 1.82) is 0 Å². The summed E-state index contributed by atoms with van der Waals surface area (Å²) in [7, 11) is 0. The second-order valence-electron chi connectivity index (χ2n) is 6.12. The average molecular weight is 305 g/mol. The molecule has 0 spiro atoms. The lowest BCUT2D eigenvalue weighted by molar-refractivity contribution is -0.138. The van der Waals surface area contributed by atoms with Crippen molar-refractivity contribution < 1.29 is 14.3 Å². The Morgan fingerprint density at radius 2 is 2.23 bits per heavy atom. The smallest absolute Gasteiger partial charge is 0.228 e. The quantitative estimate of drug-likeness (QED) is 0.847. The van der Waals surface area contributed by atoms with Crippen LogP contribution in [0.2, 0.25) is 0 Å². The molecule has 6 nitrogen and oxygen atoms in total. The maximum atomic E-state index is 12.5. The molecule has 0 aliphatic carbocycles. The fourth-order valence-electron chi connectivity index (χ4n) is 3.14. The summed E-state index contributed by atoms with van der Waals surface area (Å²) in [4.78, 5) is 23.0. The molecule has 0 N–H and O–H groups in total. The van der Waals surface area contributed by atoms with E-state index in [1.807, 2.05) is 24.8 Å². The number of aryl methyl sites for hydroxylation is 2. The van der Waals surface area contributed by atoms with Crippen LogP contribution in [0, 0.1) is 19.8 Å². The SMILES string of the molecule is Cc1cc(OC2CCCN(C(=O)C3CCOC3)C2)nc(C)n1. The van der Waals surface area contributed by atoms with Gasteiger partial charge in [0.2, 0.25) is 11.8 Å². The van der Waals surface area contributed by atoms with E-state index in [-0.39, 0.29) is 17.9 Å². The summed E-state index contributed by atoms with van der Waals surface area (Å²) in [5, 5.41) is 0. The van der Waals surface area contributed by atoms with Crippen LogP contribution in [0.5, 0.6) is 5.88 Å². The van der Waals surface area contributed by atoms with E-state index in [0.29, 0.717) is 31.5 Å². The van der Waals surface area contributed by atoms with Crippen molar-refractivity contribution in [2.24, 2.45) is 5.92 Å². The fourth-order valence-corrected chi connectivity index (χ4v) is 3.14. The lowest BCUT2D eigenvalue weighted by atomic mass is 10.0. The van der Waals surface area contributed by atoms with Crippen LogP contribution >= 0.6 is 0 Å². The summed E-state index contributed by atoms with van der Waals surface area (Å²) in [6.45, 7) is 6.50. The van der Waals surface area contributed by atoms with Crippen molar-refractivity contribution in [1.82, 2.24) is 14.9 Å². The number of carbonyl (C=O) groups excluding carboxylic acids is 1. The molecule has 2 fully saturated rings. The summed E-state index contributed by atoms with van der Waals surface area (Å²) < 4.78 is 11.3. The molecule has 2 aliphatic heterocycles. The van der Waals surface area contributed by atoms with Gasteiger partial charge in [0.05, 0.1) is 19.1 Å². The number of nitrogens with zero attached hydrogens (tertiary/aromatic N) is 3. The van der Waals surface area contributed by atoms with E-state index in [1.165, 1.54) is 0 Å². The van der Waals surface area contributed by atoms with Crippen molar-refractivity contribution in [3.05, 3.63) is 17.6 Å². The molecular formula is C16H23N3O3. The second kappa shape index (κ2) is 6.60. The van der Waals surface area contributed by atoms with Crippen LogP contribution in [0.1, 0.15) is 30.8 Å². The van der Waals surface area contributed by atoms with Crippen LogP contribution < -0.4 is 4.74 Å². The first-order chi connectivity index (χ1) is 10.6. The average Bonchev–Trinajstić information content (AvgIpc) is 3.00. The third-order valence-corrected chi connectivity index (χ3v) is 4.20. The summed E-state index contributed by atoms with van der Waals surface area (Å²) in [5.41, 5.74) is 0.898. The van der Waals surface area contributed by atoms with Crippen LogP contribution in [-0.2, 0) is 9.53 Å². The van der Waals surface area contributed by atoms with E-state index in [2.05, 4.69) is 9.97 Å². The Labute approximate surface area is 130 Å². The maximum absolute atomic E-state index is 12.5. The van der Waals surface area contributed by atoms with Gasteiger partial charge in [-0.1, -0.05) is 0 Å². The Hall–Kier alpha value is -1.69. The number of likely N-dealkylation sites (tertiary alicyclic amines) is 1. The Bertz CT molecular complexity index is 523. The van der Waals surface area contributed by atoms with Gasteiger partial charge in [-0.15, -0.1) is 0 Å².